The topological polar surface area (TPSA) is 58.4 Å². The lowest BCUT2D eigenvalue weighted by Gasteiger charge is -2.29. The number of carbonyl (C=O) groups excluding carboxylic acids is 1. The molecule has 0 atom stereocenters. The fraction of sp³-hybridized carbons (Fsp3) is 0.417. The molecule has 1 saturated carbocycles. The minimum Gasteiger partial charge on any atom is -0.399 e. The first-order valence-corrected chi connectivity index (χ1v) is 5.56. The van der Waals surface area contributed by atoms with Crippen molar-refractivity contribution in [3.8, 4) is 0 Å². The molecule has 4 nitrogen and oxygen atoms in total. The van der Waals surface area contributed by atoms with Crippen LogP contribution in [0.1, 0.15) is 19.3 Å². The van der Waals surface area contributed by atoms with Crippen molar-refractivity contribution in [2.24, 2.45) is 0 Å². The van der Waals surface area contributed by atoms with Crippen LogP contribution in [-0.4, -0.2) is 19.1 Å². The molecule has 86 valence electrons. The van der Waals surface area contributed by atoms with Crippen LogP contribution < -0.4 is 16.0 Å². The van der Waals surface area contributed by atoms with E-state index in [0.717, 1.165) is 18.5 Å². The molecule has 1 aromatic rings. The van der Waals surface area contributed by atoms with E-state index in [1.165, 1.54) is 6.42 Å². The highest BCUT2D eigenvalue weighted by atomic mass is 16.2. The van der Waals surface area contributed by atoms with Gasteiger partial charge in [0.05, 0.1) is 0 Å². The highest BCUT2D eigenvalue weighted by Crippen LogP contribution is 2.19. The second-order valence-corrected chi connectivity index (χ2v) is 4.23. The number of rotatable bonds is 2. The zero-order valence-electron chi connectivity index (χ0n) is 9.44. The van der Waals surface area contributed by atoms with Crippen molar-refractivity contribution in [3.63, 3.8) is 0 Å². The lowest BCUT2D eigenvalue weighted by Crippen LogP contribution is -2.46. The molecule has 0 aliphatic heterocycles. The fourth-order valence-corrected chi connectivity index (χ4v) is 1.64. The number of carbonyl (C=O) groups is 1. The smallest absolute Gasteiger partial charge is 0.321 e. The summed E-state index contributed by atoms with van der Waals surface area (Å²) in [5.41, 5.74) is 7.15. The fourth-order valence-electron chi connectivity index (χ4n) is 1.64. The van der Waals surface area contributed by atoms with Gasteiger partial charge < -0.3 is 11.1 Å². The van der Waals surface area contributed by atoms with Gasteiger partial charge in [-0.05, 0) is 43.5 Å². The van der Waals surface area contributed by atoms with E-state index in [2.05, 4.69) is 5.32 Å². The summed E-state index contributed by atoms with van der Waals surface area (Å²) >= 11 is 0. The summed E-state index contributed by atoms with van der Waals surface area (Å²) in [5, 5.41) is 2.98. The summed E-state index contributed by atoms with van der Waals surface area (Å²) < 4.78 is 0. The van der Waals surface area contributed by atoms with E-state index in [4.69, 9.17) is 5.73 Å². The lowest BCUT2D eigenvalue weighted by atomic mass is 9.93. The zero-order chi connectivity index (χ0) is 11.5. The number of anilines is 2. The molecule has 0 bridgehead atoms. The largest absolute Gasteiger partial charge is 0.399 e. The van der Waals surface area contributed by atoms with Crippen molar-refractivity contribution in [1.29, 1.82) is 0 Å². The molecule has 1 fully saturated rings. The Labute approximate surface area is 95.4 Å². The van der Waals surface area contributed by atoms with Crippen molar-refractivity contribution in [3.05, 3.63) is 24.3 Å². The number of benzene rings is 1. The van der Waals surface area contributed by atoms with Gasteiger partial charge in [-0.1, -0.05) is 0 Å². The number of nitrogens with one attached hydrogen (secondary N) is 1. The van der Waals surface area contributed by atoms with Crippen LogP contribution in [-0.2, 0) is 0 Å². The number of hydrogen-bond acceptors (Lipinski definition) is 2. The van der Waals surface area contributed by atoms with Gasteiger partial charge in [-0.25, -0.2) is 4.79 Å². The van der Waals surface area contributed by atoms with Gasteiger partial charge >= 0.3 is 6.03 Å². The van der Waals surface area contributed by atoms with Crippen molar-refractivity contribution >= 4 is 17.4 Å². The first-order valence-electron chi connectivity index (χ1n) is 5.56. The molecule has 1 aromatic carbocycles. The number of hydrogen-bond donors (Lipinski definition) is 2. The molecule has 0 unspecified atom stereocenters. The van der Waals surface area contributed by atoms with Gasteiger partial charge in [0.15, 0.2) is 0 Å². The minimum absolute atomic E-state index is 0.0468. The van der Waals surface area contributed by atoms with Gasteiger partial charge in [0.1, 0.15) is 0 Å². The van der Waals surface area contributed by atoms with E-state index < -0.39 is 0 Å². The number of nitrogens with two attached hydrogens (primary N) is 1. The molecule has 1 aliphatic carbocycles. The van der Waals surface area contributed by atoms with Crippen molar-refractivity contribution in [2.45, 2.75) is 25.3 Å². The highest BCUT2D eigenvalue weighted by Gasteiger charge is 2.21. The second-order valence-electron chi connectivity index (χ2n) is 4.23. The summed E-state index contributed by atoms with van der Waals surface area (Å²) in [6.45, 7) is 0. The number of nitrogens with zero attached hydrogens (tertiary/aromatic N) is 1. The Kier molecular flexibility index (Phi) is 2.99. The highest BCUT2D eigenvalue weighted by molar-refractivity contribution is 5.91. The maximum atomic E-state index is 11.8. The van der Waals surface area contributed by atoms with Gasteiger partial charge in [0.25, 0.3) is 0 Å². The van der Waals surface area contributed by atoms with Gasteiger partial charge in [-0.15, -0.1) is 0 Å². The third-order valence-corrected chi connectivity index (χ3v) is 3.02. The summed E-state index contributed by atoms with van der Waals surface area (Å²) in [6, 6.07) is 7.59. The van der Waals surface area contributed by atoms with E-state index in [-0.39, 0.29) is 6.03 Å². The average molecular weight is 219 g/mol. The molecule has 3 N–H and O–H groups in total. The van der Waals surface area contributed by atoms with Crippen LogP contribution in [0.5, 0.6) is 0 Å². The van der Waals surface area contributed by atoms with Gasteiger partial charge in [-0.3, -0.25) is 4.90 Å². The molecular formula is C12H17N3O. The molecule has 0 aromatic heterocycles. The zero-order valence-corrected chi connectivity index (χ0v) is 9.44. The van der Waals surface area contributed by atoms with Gasteiger partial charge in [-0.2, -0.15) is 0 Å². The van der Waals surface area contributed by atoms with E-state index in [9.17, 15) is 4.79 Å². The molecule has 0 radical (unpaired) electrons. The molecule has 2 amide bonds. The number of urea groups is 1. The predicted molar refractivity (Wildman–Crippen MR) is 65.4 cm³/mol. The summed E-state index contributed by atoms with van der Waals surface area (Å²) in [5.74, 6) is 0. The third kappa shape index (κ3) is 2.27. The van der Waals surface area contributed by atoms with Crippen molar-refractivity contribution in [2.75, 3.05) is 17.7 Å². The molecule has 16 heavy (non-hydrogen) atoms. The van der Waals surface area contributed by atoms with Crippen molar-refractivity contribution in [1.82, 2.24) is 5.32 Å². The van der Waals surface area contributed by atoms with E-state index in [0.29, 0.717) is 11.7 Å². The van der Waals surface area contributed by atoms with Crippen LogP contribution in [0.3, 0.4) is 0 Å². The Bertz CT molecular complexity index is 370. The minimum atomic E-state index is -0.0468. The molecule has 1 aliphatic rings. The molecular weight excluding hydrogens is 202 g/mol. The standard InChI is InChI=1S/C12H17N3O/c1-15(11-7-5-9(13)6-8-11)12(16)14-10-3-2-4-10/h5-8,10H,2-4,13H2,1H3,(H,14,16). The van der Waals surface area contributed by atoms with Crippen LogP contribution in [0.4, 0.5) is 16.2 Å². The monoisotopic (exact) mass is 219 g/mol. The van der Waals surface area contributed by atoms with Crippen LogP contribution in [0.15, 0.2) is 24.3 Å². The van der Waals surface area contributed by atoms with Crippen LogP contribution in [0, 0.1) is 0 Å². The van der Waals surface area contributed by atoms with Gasteiger partial charge in [0, 0.05) is 24.5 Å². The molecule has 2 rings (SSSR count). The van der Waals surface area contributed by atoms with Crippen LogP contribution in [0.2, 0.25) is 0 Å². The van der Waals surface area contributed by atoms with Crippen LogP contribution >= 0.6 is 0 Å². The molecule has 0 heterocycles. The van der Waals surface area contributed by atoms with E-state index in [1.54, 1.807) is 24.1 Å². The Morgan fingerprint density at radius 1 is 1.38 bits per heavy atom. The van der Waals surface area contributed by atoms with Gasteiger partial charge in [0.2, 0.25) is 0 Å². The maximum Gasteiger partial charge on any atom is 0.321 e. The quantitative estimate of drug-likeness (QED) is 0.747. The second kappa shape index (κ2) is 4.43. The van der Waals surface area contributed by atoms with Crippen LogP contribution in [0.25, 0.3) is 0 Å². The maximum absolute atomic E-state index is 11.8. The Morgan fingerprint density at radius 3 is 2.50 bits per heavy atom. The first kappa shape index (κ1) is 10.8. The number of amides is 2. The predicted octanol–water partition coefficient (Wildman–Crippen LogP) is 1.97. The molecule has 0 saturated heterocycles. The summed E-state index contributed by atoms with van der Waals surface area (Å²) in [7, 11) is 1.76. The Balaban J connectivity index is 1.97. The SMILES string of the molecule is CN(C(=O)NC1CCC1)c1ccc(N)cc1. The average Bonchev–Trinajstić information content (AvgIpc) is 2.23. The summed E-state index contributed by atoms with van der Waals surface area (Å²) in [4.78, 5) is 13.4. The molecule has 0 spiro atoms. The van der Waals surface area contributed by atoms with Crippen molar-refractivity contribution < 1.29 is 4.79 Å². The van der Waals surface area contributed by atoms with E-state index >= 15 is 0 Å². The number of nitrogen functional groups attached to an aromatic ring is 1. The normalized spacial score (nSPS) is 15.3. The Morgan fingerprint density at radius 2 is 2.00 bits per heavy atom. The Hall–Kier alpha value is -1.71. The summed E-state index contributed by atoms with van der Waals surface area (Å²) in [6.07, 6.45) is 3.42. The third-order valence-electron chi connectivity index (χ3n) is 3.02. The lowest BCUT2D eigenvalue weighted by molar-refractivity contribution is 0.235. The molecule has 4 heteroatoms. The first-order chi connectivity index (χ1) is 7.66. The van der Waals surface area contributed by atoms with E-state index in [1.807, 2.05) is 12.1 Å².